The van der Waals surface area contributed by atoms with Crippen LogP contribution >= 0.6 is 0 Å². The molecule has 2 aromatic carbocycles. The Kier molecular flexibility index (Phi) is 19.4. The van der Waals surface area contributed by atoms with Crippen molar-refractivity contribution in [2.75, 3.05) is 18.4 Å². The van der Waals surface area contributed by atoms with Crippen molar-refractivity contribution in [3.8, 4) is 0 Å². The quantitative estimate of drug-likeness (QED) is 0.589. The molecule has 0 unspecified atom stereocenters. The van der Waals surface area contributed by atoms with Crippen molar-refractivity contribution >= 4 is 23.9 Å². The molecule has 0 radical (unpaired) electrons. The number of primary amides is 1. The van der Waals surface area contributed by atoms with Crippen LogP contribution in [0.2, 0.25) is 0 Å². The summed E-state index contributed by atoms with van der Waals surface area (Å²) in [6.45, 7) is 11.0. The number of benzene rings is 2. The zero-order valence-corrected chi connectivity index (χ0v) is 19.2. The average molecular weight is 434 g/mol. The summed E-state index contributed by atoms with van der Waals surface area (Å²) in [5, 5.41) is 2.76. The molecule has 0 aliphatic rings. The largest absolute Gasteiger partial charge is 0.366 e. The molecule has 0 saturated heterocycles. The molecule has 0 saturated carbocycles. The maximum absolute atomic E-state index is 12.7. The van der Waals surface area contributed by atoms with E-state index in [4.69, 9.17) is 10.5 Å². The Labute approximate surface area is 185 Å². The normalized spacial score (nSPS) is 8.71. The molecule has 0 aliphatic heterocycles. The Hall–Kier alpha value is -3.22. The third kappa shape index (κ3) is 15.3. The molecule has 0 aromatic heterocycles. The Morgan fingerprint density at radius 1 is 0.968 bits per heavy atom. The van der Waals surface area contributed by atoms with Crippen LogP contribution in [0.15, 0.2) is 54.6 Å². The molecular weight excluding hydrogens is 397 g/mol. The lowest BCUT2D eigenvalue weighted by Gasteiger charge is -2.21. The summed E-state index contributed by atoms with van der Waals surface area (Å²) in [6, 6.07) is 14.4. The SMILES string of the molecule is CC.CC=O.CCCN(CCC)C(=O)Nc1ccc(F)cc1.NC(=O)c1ccccc1. The number of amides is 3. The van der Waals surface area contributed by atoms with Crippen LogP contribution in [0.4, 0.5) is 14.9 Å². The van der Waals surface area contributed by atoms with Gasteiger partial charge in [-0.2, -0.15) is 0 Å². The summed E-state index contributed by atoms with van der Waals surface area (Å²) >= 11 is 0. The van der Waals surface area contributed by atoms with Gasteiger partial charge in [0.25, 0.3) is 0 Å². The van der Waals surface area contributed by atoms with Crippen molar-refractivity contribution in [1.82, 2.24) is 4.90 Å². The number of nitrogens with two attached hydrogens (primary N) is 1. The Bertz CT molecular complexity index is 717. The molecule has 31 heavy (non-hydrogen) atoms. The van der Waals surface area contributed by atoms with Gasteiger partial charge < -0.3 is 20.7 Å². The monoisotopic (exact) mass is 433 g/mol. The van der Waals surface area contributed by atoms with E-state index in [-0.39, 0.29) is 17.8 Å². The summed E-state index contributed by atoms with van der Waals surface area (Å²) in [5.41, 5.74) is 6.15. The number of carbonyl (C=O) groups is 3. The van der Waals surface area contributed by atoms with E-state index in [9.17, 15) is 14.0 Å². The Balaban J connectivity index is 0. The van der Waals surface area contributed by atoms with E-state index < -0.39 is 0 Å². The Morgan fingerprint density at radius 2 is 1.42 bits per heavy atom. The zero-order chi connectivity index (χ0) is 24.1. The first-order valence-electron chi connectivity index (χ1n) is 10.5. The highest BCUT2D eigenvalue weighted by Gasteiger charge is 2.11. The van der Waals surface area contributed by atoms with Crippen molar-refractivity contribution in [1.29, 1.82) is 0 Å². The van der Waals surface area contributed by atoms with E-state index in [1.54, 1.807) is 41.3 Å². The van der Waals surface area contributed by atoms with E-state index in [2.05, 4.69) is 5.32 Å². The van der Waals surface area contributed by atoms with Crippen molar-refractivity contribution in [2.45, 2.75) is 47.5 Å². The highest BCUT2D eigenvalue weighted by Crippen LogP contribution is 2.09. The number of urea groups is 1. The van der Waals surface area contributed by atoms with Crippen LogP contribution in [0.25, 0.3) is 0 Å². The molecule has 0 atom stereocenters. The number of carbonyl (C=O) groups excluding carboxylic acids is 3. The number of hydrogen-bond acceptors (Lipinski definition) is 3. The minimum Gasteiger partial charge on any atom is -0.366 e. The lowest BCUT2D eigenvalue weighted by atomic mass is 10.2. The Morgan fingerprint density at radius 3 is 1.77 bits per heavy atom. The number of aldehydes is 1. The lowest BCUT2D eigenvalue weighted by Crippen LogP contribution is -2.36. The summed E-state index contributed by atoms with van der Waals surface area (Å²) in [7, 11) is 0. The second-order valence-corrected chi connectivity index (χ2v) is 5.89. The van der Waals surface area contributed by atoms with Gasteiger partial charge in [-0.15, -0.1) is 0 Å². The van der Waals surface area contributed by atoms with Crippen LogP contribution < -0.4 is 11.1 Å². The van der Waals surface area contributed by atoms with Crippen molar-refractivity contribution < 1.29 is 18.8 Å². The van der Waals surface area contributed by atoms with E-state index in [1.165, 1.54) is 19.1 Å². The van der Waals surface area contributed by atoms with Gasteiger partial charge in [-0.3, -0.25) is 4.79 Å². The van der Waals surface area contributed by atoms with Crippen LogP contribution in [0.1, 0.15) is 57.8 Å². The molecular formula is C24H36FN3O3. The van der Waals surface area contributed by atoms with Crippen LogP contribution in [0.5, 0.6) is 0 Å². The summed E-state index contributed by atoms with van der Waals surface area (Å²) < 4.78 is 12.7. The molecule has 172 valence electrons. The van der Waals surface area contributed by atoms with Gasteiger partial charge >= 0.3 is 6.03 Å². The second kappa shape index (κ2) is 20.1. The van der Waals surface area contributed by atoms with Crippen molar-refractivity contribution in [3.63, 3.8) is 0 Å². The lowest BCUT2D eigenvalue weighted by molar-refractivity contribution is -0.106. The number of anilines is 1. The van der Waals surface area contributed by atoms with Gasteiger partial charge in [0.05, 0.1) is 0 Å². The minimum atomic E-state index is -0.379. The zero-order valence-electron chi connectivity index (χ0n) is 19.2. The van der Waals surface area contributed by atoms with Gasteiger partial charge in [0.1, 0.15) is 12.1 Å². The van der Waals surface area contributed by atoms with Gasteiger partial charge in [-0.1, -0.05) is 45.9 Å². The third-order valence-corrected chi connectivity index (χ3v) is 3.43. The molecule has 3 amide bonds. The maximum atomic E-state index is 12.7. The number of nitrogens with zero attached hydrogens (tertiary/aromatic N) is 1. The van der Waals surface area contributed by atoms with Gasteiger partial charge in [0.15, 0.2) is 0 Å². The summed E-state index contributed by atoms with van der Waals surface area (Å²) in [4.78, 5) is 32.9. The average Bonchev–Trinajstić information content (AvgIpc) is 2.78. The highest BCUT2D eigenvalue weighted by molar-refractivity contribution is 5.92. The molecule has 0 heterocycles. The smallest absolute Gasteiger partial charge is 0.321 e. The first-order chi connectivity index (χ1) is 14.9. The van der Waals surface area contributed by atoms with Crippen LogP contribution in [0.3, 0.4) is 0 Å². The van der Waals surface area contributed by atoms with Crippen LogP contribution in [0, 0.1) is 5.82 Å². The van der Waals surface area contributed by atoms with Crippen LogP contribution in [-0.4, -0.2) is 36.2 Å². The van der Waals surface area contributed by atoms with E-state index in [0.717, 1.165) is 32.2 Å². The molecule has 0 spiro atoms. The van der Waals surface area contributed by atoms with Crippen LogP contribution in [-0.2, 0) is 4.79 Å². The molecule has 3 N–H and O–H groups in total. The van der Waals surface area contributed by atoms with E-state index >= 15 is 0 Å². The molecule has 2 rings (SSSR count). The number of hydrogen-bond donors (Lipinski definition) is 2. The van der Waals surface area contributed by atoms with Crippen molar-refractivity contribution in [3.05, 3.63) is 66.0 Å². The highest BCUT2D eigenvalue weighted by atomic mass is 19.1. The molecule has 2 aromatic rings. The first kappa shape index (κ1) is 30.0. The number of nitrogens with one attached hydrogen (secondary N) is 1. The maximum Gasteiger partial charge on any atom is 0.321 e. The predicted octanol–water partition coefficient (Wildman–Crippen LogP) is 5.50. The molecule has 0 bridgehead atoms. The summed E-state index contributed by atoms with van der Waals surface area (Å²) in [6.07, 6.45) is 2.60. The number of halogens is 1. The molecule has 0 fully saturated rings. The first-order valence-corrected chi connectivity index (χ1v) is 10.5. The third-order valence-electron chi connectivity index (χ3n) is 3.43. The van der Waals surface area contributed by atoms with E-state index in [1.807, 2.05) is 33.8 Å². The minimum absolute atomic E-state index is 0.125. The topological polar surface area (TPSA) is 92.5 Å². The fourth-order valence-electron chi connectivity index (χ4n) is 2.19. The fourth-order valence-corrected chi connectivity index (χ4v) is 2.19. The molecule has 6 nitrogen and oxygen atoms in total. The number of rotatable bonds is 6. The summed E-state index contributed by atoms with van der Waals surface area (Å²) in [5.74, 6) is -0.683. The molecule has 0 aliphatic carbocycles. The van der Waals surface area contributed by atoms with Gasteiger partial charge in [0.2, 0.25) is 5.91 Å². The van der Waals surface area contributed by atoms with Crippen molar-refractivity contribution in [2.24, 2.45) is 5.73 Å². The van der Waals surface area contributed by atoms with Gasteiger partial charge in [-0.25, -0.2) is 9.18 Å². The van der Waals surface area contributed by atoms with Gasteiger partial charge in [-0.05, 0) is 56.2 Å². The molecule has 7 heteroatoms. The standard InChI is InChI=1S/C13H19FN2O.C7H7NO.C2H4O.C2H6/c1-3-9-16(10-4-2)13(17)15-12-7-5-11(14)6-8-12;8-7(9)6-4-2-1-3-5-6;1-2-3;1-2/h5-8H,3-4,9-10H2,1-2H3,(H,15,17);1-5H,(H2,8,9);2H,1H3;1-2H3. The fraction of sp³-hybridized carbons (Fsp3) is 0.375. The predicted molar refractivity (Wildman–Crippen MR) is 126 cm³/mol. The van der Waals surface area contributed by atoms with E-state index in [0.29, 0.717) is 11.3 Å². The second-order valence-electron chi connectivity index (χ2n) is 5.89. The van der Waals surface area contributed by atoms with Gasteiger partial charge in [0, 0.05) is 24.3 Å².